The molecule has 0 bridgehead atoms. The summed E-state index contributed by atoms with van der Waals surface area (Å²) in [5.74, 6) is 0.200. The Morgan fingerprint density at radius 1 is 1.33 bits per heavy atom. The number of carbonyl (C=O) groups is 1. The normalized spacial score (nSPS) is 32.4. The molecule has 0 aromatic heterocycles. The second-order valence-electron chi connectivity index (χ2n) is 4.45. The average Bonchev–Trinajstić information content (AvgIpc) is 2.52. The van der Waals surface area contributed by atoms with Gasteiger partial charge in [-0.25, -0.2) is 0 Å². The number of hydrogen-bond donors (Lipinski definition) is 2. The molecule has 2 rings (SSSR count). The van der Waals surface area contributed by atoms with E-state index in [1.54, 1.807) is 0 Å². The van der Waals surface area contributed by atoms with Gasteiger partial charge in [-0.1, -0.05) is 0 Å². The van der Waals surface area contributed by atoms with Gasteiger partial charge in [0.05, 0.1) is 0 Å². The van der Waals surface area contributed by atoms with Crippen LogP contribution in [-0.2, 0) is 9.53 Å². The average molecular weight is 212 g/mol. The first kappa shape index (κ1) is 10.9. The van der Waals surface area contributed by atoms with Gasteiger partial charge in [-0.15, -0.1) is 0 Å². The van der Waals surface area contributed by atoms with E-state index in [1.807, 2.05) is 0 Å². The van der Waals surface area contributed by atoms with Gasteiger partial charge in [0, 0.05) is 38.3 Å². The fraction of sp³-hybridized carbons (Fsp3) is 0.909. The van der Waals surface area contributed by atoms with Crippen LogP contribution in [0.15, 0.2) is 0 Å². The summed E-state index contributed by atoms with van der Waals surface area (Å²) < 4.78 is 5.40. The van der Waals surface area contributed by atoms with Crippen LogP contribution in [0.1, 0.15) is 32.1 Å². The first-order valence-electron chi connectivity index (χ1n) is 5.95. The van der Waals surface area contributed by atoms with Crippen LogP contribution >= 0.6 is 0 Å². The van der Waals surface area contributed by atoms with Gasteiger partial charge in [-0.2, -0.15) is 0 Å². The molecule has 2 fully saturated rings. The predicted octanol–water partition coefficient (Wildman–Crippen LogP) is 0.424. The van der Waals surface area contributed by atoms with Crippen LogP contribution < -0.4 is 10.6 Å². The number of rotatable bonds is 3. The molecule has 2 atom stereocenters. The van der Waals surface area contributed by atoms with Crippen molar-refractivity contribution >= 4 is 5.91 Å². The Balaban J connectivity index is 1.65. The Hall–Kier alpha value is -0.610. The van der Waals surface area contributed by atoms with E-state index in [-0.39, 0.29) is 5.91 Å². The molecular formula is C11H20N2O2. The maximum Gasteiger partial charge on any atom is 0.220 e. The summed E-state index contributed by atoms with van der Waals surface area (Å²) in [6.45, 7) is 2.68. The summed E-state index contributed by atoms with van der Waals surface area (Å²) in [4.78, 5) is 11.0. The van der Waals surface area contributed by atoms with Gasteiger partial charge in [0.1, 0.15) is 0 Å². The molecule has 0 aromatic rings. The quantitative estimate of drug-likeness (QED) is 0.713. The van der Waals surface area contributed by atoms with Gasteiger partial charge >= 0.3 is 0 Å². The zero-order valence-corrected chi connectivity index (χ0v) is 9.13. The lowest BCUT2D eigenvalue weighted by Gasteiger charge is -2.18. The highest BCUT2D eigenvalue weighted by atomic mass is 16.5. The zero-order chi connectivity index (χ0) is 10.5. The maximum atomic E-state index is 11.0. The van der Waals surface area contributed by atoms with Gasteiger partial charge < -0.3 is 15.4 Å². The van der Waals surface area contributed by atoms with E-state index in [0.717, 1.165) is 39.0 Å². The molecule has 0 aliphatic carbocycles. The molecule has 4 nitrogen and oxygen atoms in total. The topological polar surface area (TPSA) is 50.4 Å². The zero-order valence-electron chi connectivity index (χ0n) is 9.13. The van der Waals surface area contributed by atoms with Crippen molar-refractivity contribution in [2.75, 3.05) is 19.8 Å². The highest BCUT2D eigenvalue weighted by molar-refractivity contribution is 5.78. The van der Waals surface area contributed by atoms with Gasteiger partial charge in [0.2, 0.25) is 5.91 Å². The minimum atomic E-state index is 0.200. The van der Waals surface area contributed by atoms with Crippen molar-refractivity contribution in [2.45, 2.75) is 44.2 Å². The third kappa shape index (κ3) is 3.47. The molecule has 0 radical (unpaired) electrons. The number of hydrogen-bond acceptors (Lipinski definition) is 3. The van der Waals surface area contributed by atoms with E-state index in [9.17, 15) is 4.79 Å². The fourth-order valence-corrected chi connectivity index (χ4v) is 2.25. The summed E-state index contributed by atoms with van der Waals surface area (Å²) in [6.07, 6.45) is 5.12. The molecule has 15 heavy (non-hydrogen) atoms. The molecule has 0 spiro atoms. The monoisotopic (exact) mass is 212 g/mol. The van der Waals surface area contributed by atoms with Crippen molar-refractivity contribution in [3.05, 3.63) is 0 Å². The first-order chi connectivity index (χ1) is 7.34. The predicted molar refractivity (Wildman–Crippen MR) is 57.6 cm³/mol. The second kappa shape index (κ2) is 5.47. The Labute approximate surface area is 90.8 Å². The smallest absolute Gasteiger partial charge is 0.220 e. The van der Waals surface area contributed by atoms with Crippen molar-refractivity contribution in [1.29, 1.82) is 0 Å². The summed E-state index contributed by atoms with van der Waals surface area (Å²) >= 11 is 0. The van der Waals surface area contributed by atoms with Crippen molar-refractivity contribution in [2.24, 2.45) is 0 Å². The molecule has 2 heterocycles. The van der Waals surface area contributed by atoms with E-state index in [4.69, 9.17) is 4.74 Å². The van der Waals surface area contributed by atoms with E-state index in [2.05, 4.69) is 10.6 Å². The first-order valence-corrected chi connectivity index (χ1v) is 5.95. The van der Waals surface area contributed by atoms with E-state index in [1.165, 1.54) is 6.42 Å². The molecule has 1 amide bonds. The fourth-order valence-electron chi connectivity index (χ4n) is 2.25. The van der Waals surface area contributed by atoms with Crippen LogP contribution in [0.25, 0.3) is 0 Å². The van der Waals surface area contributed by atoms with Crippen LogP contribution in [0.2, 0.25) is 0 Å². The Kier molecular flexibility index (Phi) is 3.97. The maximum absolute atomic E-state index is 11.0. The summed E-state index contributed by atoms with van der Waals surface area (Å²) in [7, 11) is 0. The second-order valence-corrected chi connectivity index (χ2v) is 4.45. The third-order valence-electron chi connectivity index (χ3n) is 3.19. The summed E-state index contributed by atoms with van der Waals surface area (Å²) in [6, 6.07) is 0.923. The lowest BCUT2D eigenvalue weighted by Crippen LogP contribution is -2.40. The van der Waals surface area contributed by atoms with Gasteiger partial charge in [0.15, 0.2) is 0 Å². The molecule has 4 heteroatoms. The van der Waals surface area contributed by atoms with Crippen LogP contribution in [0.4, 0.5) is 0 Å². The Morgan fingerprint density at radius 2 is 2.27 bits per heavy atom. The lowest BCUT2D eigenvalue weighted by atomic mass is 10.1. The molecule has 2 saturated heterocycles. The van der Waals surface area contributed by atoms with Gasteiger partial charge in [-0.05, 0) is 25.7 Å². The largest absolute Gasteiger partial charge is 0.381 e. The van der Waals surface area contributed by atoms with Crippen LogP contribution in [0, 0.1) is 0 Å². The number of amides is 1. The van der Waals surface area contributed by atoms with Crippen molar-refractivity contribution in [1.82, 2.24) is 10.6 Å². The van der Waals surface area contributed by atoms with Crippen molar-refractivity contribution < 1.29 is 9.53 Å². The molecule has 2 aliphatic heterocycles. The van der Waals surface area contributed by atoms with Crippen LogP contribution in [0.3, 0.4) is 0 Å². The number of nitrogens with one attached hydrogen (secondary N) is 2. The molecule has 86 valence electrons. The Morgan fingerprint density at radius 3 is 3.07 bits per heavy atom. The van der Waals surface area contributed by atoms with E-state index < -0.39 is 0 Å². The number of ether oxygens (including phenoxy) is 1. The highest BCUT2D eigenvalue weighted by Crippen LogP contribution is 2.10. The molecule has 2 unspecified atom stereocenters. The van der Waals surface area contributed by atoms with Crippen molar-refractivity contribution in [3.63, 3.8) is 0 Å². The molecule has 0 saturated carbocycles. The standard InChI is InChI=1S/C11H20N2O2/c14-11-4-3-10(13-11)8-12-9-2-1-6-15-7-5-9/h9-10,12H,1-8H2,(H,13,14). The Bertz CT molecular complexity index is 213. The highest BCUT2D eigenvalue weighted by Gasteiger charge is 2.21. The van der Waals surface area contributed by atoms with Crippen molar-refractivity contribution in [3.8, 4) is 0 Å². The van der Waals surface area contributed by atoms with E-state index in [0.29, 0.717) is 18.5 Å². The third-order valence-corrected chi connectivity index (χ3v) is 3.19. The molecule has 0 aromatic carbocycles. The van der Waals surface area contributed by atoms with E-state index >= 15 is 0 Å². The number of carbonyl (C=O) groups excluding carboxylic acids is 1. The lowest BCUT2D eigenvalue weighted by molar-refractivity contribution is -0.119. The van der Waals surface area contributed by atoms with Gasteiger partial charge in [0.25, 0.3) is 0 Å². The molecule has 2 N–H and O–H groups in total. The minimum Gasteiger partial charge on any atom is -0.381 e. The SMILES string of the molecule is O=C1CCC(CNC2CCCOCC2)N1. The minimum absolute atomic E-state index is 0.200. The molecule has 2 aliphatic rings. The van der Waals surface area contributed by atoms with Crippen LogP contribution in [0.5, 0.6) is 0 Å². The summed E-state index contributed by atoms with van der Waals surface area (Å²) in [5, 5.41) is 6.51. The summed E-state index contributed by atoms with van der Waals surface area (Å²) in [5.41, 5.74) is 0. The van der Waals surface area contributed by atoms with Crippen LogP contribution in [-0.4, -0.2) is 37.7 Å². The molecular weight excluding hydrogens is 192 g/mol. The van der Waals surface area contributed by atoms with Gasteiger partial charge in [-0.3, -0.25) is 4.79 Å².